The maximum Gasteiger partial charge on any atom is 0.342 e. The Labute approximate surface area is 142 Å². The summed E-state index contributed by atoms with van der Waals surface area (Å²) in [6.07, 6.45) is -1.36. The fourth-order valence-electron chi connectivity index (χ4n) is 1.97. The number of halogens is 2. The Kier molecular flexibility index (Phi) is 5.53. The number of ether oxygens (including phenoxy) is 2. The maximum absolute atomic E-state index is 13.5. The number of nitrogens with one attached hydrogen (secondary N) is 1. The van der Waals surface area contributed by atoms with Crippen LogP contribution >= 0.6 is 0 Å². The predicted octanol–water partition coefficient (Wildman–Crippen LogP) is 2.86. The predicted molar refractivity (Wildman–Crippen MR) is 84.5 cm³/mol. The zero-order valence-electron chi connectivity index (χ0n) is 13.4. The highest BCUT2D eigenvalue weighted by molar-refractivity contribution is 5.98. The van der Waals surface area contributed by atoms with Crippen LogP contribution in [-0.2, 0) is 9.53 Å². The molecule has 2 aromatic carbocycles. The lowest BCUT2D eigenvalue weighted by atomic mass is 10.2. The molecule has 1 unspecified atom stereocenters. The van der Waals surface area contributed by atoms with Crippen molar-refractivity contribution >= 4 is 17.6 Å². The summed E-state index contributed by atoms with van der Waals surface area (Å²) >= 11 is 0. The van der Waals surface area contributed by atoms with Gasteiger partial charge in [-0.3, -0.25) is 4.79 Å². The summed E-state index contributed by atoms with van der Waals surface area (Å²) in [5.74, 6) is -4.23. The van der Waals surface area contributed by atoms with Crippen molar-refractivity contribution in [2.75, 3.05) is 12.4 Å². The molecule has 0 aliphatic carbocycles. The quantitative estimate of drug-likeness (QED) is 0.809. The highest BCUT2D eigenvalue weighted by atomic mass is 19.1. The lowest BCUT2D eigenvalue weighted by Crippen LogP contribution is -2.30. The molecule has 1 amide bonds. The molecule has 0 spiro atoms. The Balaban J connectivity index is 2.10. The number of hydrogen-bond acceptors (Lipinski definition) is 5. The van der Waals surface area contributed by atoms with Crippen LogP contribution in [0, 0.1) is 11.6 Å². The van der Waals surface area contributed by atoms with Crippen LogP contribution in [0.15, 0.2) is 36.4 Å². The minimum atomic E-state index is -1.36. The zero-order chi connectivity index (χ0) is 18.6. The SMILES string of the molecule is COc1cccc(C(=O)OC(C)C(=O)Nc2c(F)cccc2F)c1O. The van der Waals surface area contributed by atoms with Crippen LogP contribution in [0.3, 0.4) is 0 Å². The number of benzene rings is 2. The van der Waals surface area contributed by atoms with Gasteiger partial charge < -0.3 is 19.9 Å². The lowest BCUT2D eigenvalue weighted by molar-refractivity contribution is -0.123. The first kappa shape index (κ1) is 18.2. The zero-order valence-corrected chi connectivity index (χ0v) is 13.4. The molecule has 0 aromatic heterocycles. The van der Waals surface area contributed by atoms with E-state index in [1.54, 1.807) is 0 Å². The van der Waals surface area contributed by atoms with Crippen molar-refractivity contribution in [1.29, 1.82) is 0 Å². The third kappa shape index (κ3) is 4.03. The van der Waals surface area contributed by atoms with E-state index in [9.17, 15) is 23.5 Å². The molecular formula is C17H15F2NO5. The first-order chi connectivity index (χ1) is 11.8. The van der Waals surface area contributed by atoms with Gasteiger partial charge in [-0.2, -0.15) is 0 Å². The van der Waals surface area contributed by atoms with E-state index in [0.717, 1.165) is 18.2 Å². The molecule has 0 fully saturated rings. The van der Waals surface area contributed by atoms with Crippen molar-refractivity contribution in [2.24, 2.45) is 0 Å². The van der Waals surface area contributed by atoms with E-state index in [1.165, 1.54) is 32.2 Å². The van der Waals surface area contributed by atoms with Crippen molar-refractivity contribution < 1.29 is 33.0 Å². The molecule has 0 heterocycles. The largest absolute Gasteiger partial charge is 0.504 e. The smallest absolute Gasteiger partial charge is 0.342 e. The Bertz CT molecular complexity index is 789. The Morgan fingerprint density at radius 1 is 1.12 bits per heavy atom. The summed E-state index contributed by atoms with van der Waals surface area (Å²) in [6, 6.07) is 7.27. The highest BCUT2D eigenvalue weighted by Gasteiger charge is 2.23. The number of aromatic hydroxyl groups is 1. The molecule has 6 nitrogen and oxygen atoms in total. The minimum Gasteiger partial charge on any atom is -0.504 e. The molecule has 0 saturated carbocycles. The third-order valence-corrected chi connectivity index (χ3v) is 3.30. The van der Waals surface area contributed by atoms with E-state index in [1.807, 2.05) is 5.32 Å². The van der Waals surface area contributed by atoms with E-state index >= 15 is 0 Å². The summed E-state index contributed by atoms with van der Waals surface area (Å²) in [4.78, 5) is 24.1. The van der Waals surface area contributed by atoms with Gasteiger partial charge in [-0.05, 0) is 31.2 Å². The highest BCUT2D eigenvalue weighted by Crippen LogP contribution is 2.30. The second-order valence-electron chi connectivity index (χ2n) is 4.99. The second-order valence-corrected chi connectivity index (χ2v) is 4.99. The van der Waals surface area contributed by atoms with Gasteiger partial charge in [0.05, 0.1) is 7.11 Å². The Hall–Kier alpha value is -3.16. The molecule has 2 rings (SSSR count). The maximum atomic E-state index is 13.5. The monoisotopic (exact) mass is 351 g/mol. The molecule has 1 atom stereocenters. The molecule has 132 valence electrons. The lowest BCUT2D eigenvalue weighted by Gasteiger charge is -2.15. The first-order valence-corrected chi connectivity index (χ1v) is 7.17. The van der Waals surface area contributed by atoms with E-state index in [2.05, 4.69) is 0 Å². The van der Waals surface area contributed by atoms with E-state index in [4.69, 9.17) is 9.47 Å². The normalized spacial score (nSPS) is 11.5. The van der Waals surface area contributed by atoms with Crippen LogP contribution in [0.5, 0.6) is 11.5 Å². The number of carbonyl (C=O) groups is 2. The molecular weight excluding hydrogens is 336 g/mol. The number of rotatable bonds is 5. The van der Waals surface area contributed by atoms with Gasteiger partial charge >= 0.3 is 5.97 Å². The summed E-state index contributed by atoms with van der Waals surface area (Å²) < 4.78 is 36.8. The van der Waals surface area contributed by atoms with Crippen LogP contribution < -0.4 is 10.1 Å². The molecule has 0 bridgehead atoms. The van der Waals surface area contributed by atoms with Crippen molar-refractivity contribution in [3.8, 4) is 11.5 Å². The standard InChI is InChI=1S/C17H15F2NO5/c1-9(16(22)20-14-11(18)6-4-7-12(14)19)25-17(23)10-5-3-8-13(24-2)15(10)21/h3-9,21H,1-2H3,(H,20,22). The van der Waals surface area contributed by atoms with Crippen LogP contribution in [0.1, 0.15) is 17.3 Å². The van der Waals surface area contributed by atoms with E-state index in [-0.39, 0.29) is 11.3 Å². The summed E-state index contributed by atoms with van der Waals surface area (Å²) in [5, 5.41) is 11.9. The van der Waals surface area contributed by atoms with Crippen LogP contribution in [0.4, 0.5) is 14.5 Å². The van der Waals surface area contributed by atoms with Crippen LogP contribution in [-0.4, -0.2) is 30.2 Å². The Morgan fingerprint density at radius 3 is 2.32 bits per heavy atom. The van der Waals surface area contributed by atoms with Gasteiger partial charge in [0, 0.05) is 0 Å². The van der Waals surface area contributed by atoms with Gasteiger partial charge in [-0.25, -0.2) is 13.6 Å². The summed E-state index contributed by atoms with van der Waals surface area (Å²) in [5.41, 5.74) is -0.851. The number of phenols is 1. The fraction of sp³-hybridized carbons (Fsp3) is 0.176. The molecule has 25 heavy (non-hydrogen) atoms. The van der Waals surface area contributed by atoms with Gasteiger partial charge in [-0.15, -0.1) is 0 Å². The van der Waals surface area contributed by atoms with Gasteiger partial charge in [0.2, 0.25) is 0 Å². The topological polar surface area (TPSA) is 84.9 Å². The number of hydrogen-bond donors (Lipinski definition) is 2. The van der Waals surface area contributed by atoms with Gasteiger partial charge in [0.15, 0.2) is 17.6 Å². The molecule has 2 aromatic rings. The number of carbonyl (C=O) groups excluding carboxylic acids is 2. The second kappa shape index (κ2) is 7.61. The molecule has 0 radical (unpaired) electrons. The summed E-state index contributed by atoms with van der Waals surface area (Å²) in [7, 11) is 1.31. The van der Waals surface area contributed by atoms with Crippen molar-refractivity contribution in [3.63, 3.8) is 0 Å². The first-order valence-electron chi connectivity index (χ1n) is 7.17. The van der Waals surface area contributed by atoms with Crippen molar-refractivity contribution in [2.45, 2.75) is 13.0 Å². The van der Waals surface area contributed by atoms with Crippen molar-refractivity contribution in [1.82, 2.24) is 0 Å². The van der Waals surface area contributed by atoms with Crippen molar-refractivity contribution in [3.05, 3.63) is 53.6 Å². The third-order valence-electron chi connectivity index (χ3n) is 3.30. The van der Waals surface area contributed by atoms with Crippen LogP contribution in [0.2, 0.25) is 0 Å². The number of amides is 1. The number of esters is 1. The molecule has 0 saturated heterocycles. The average molecular weight is 351 g/mol. The van der Waals surface area contributed by atoms with Crippen LogP contribution in [0.25, 0.3) is 0 Å². The summed E-state index contributed by atoms with van der Waals surface area (Å²) in [6.45, 7) is 1.23. The van der Waals surface area contributed by atoms with E-state index in [0.29, 0.717) is 0 Å². The number of phenolic OH excluding ortho intramolecular Hbond substituents is 1. The number of methoxy groups -OCH3 is 1. The Morgan fingerprint density at radius 2 is 1.72 bits per heavy atom. The molecule has 0 aliphatic heterocycles. The van der Waals surface area contributed by atoms with E-state index < -0.39 is 41.1 Å². The fourth-order valence-corrected chi connectivity index (χ4v) is 1.97. The number of anilines is 1. The minimum absolute atomic E-state index is 0.0555. The van der Waals surface area contributed by atoms with Gasteiger partial charge in [0.25, 0.3) is 5.91 Å². The molecule has 0 aliphatic rings. The van der Waals surface area contributed by atoms with Gasteiger partial charge in [0.1, 0.15) is 22.9 Å². The van der Waals surface area contributed by atoms with Gasteiger partial charge in [-0.1, -0.05) is 12.1 Å². The molecule has 8 heteroatoms. The molecule has 2 N–H and O–H groups in total. The number of para-hydroxylation sites is 2. The average Bonchev–Trinajstić information content (AvgIpc) is 2.58.